The second kappa shape index (κ2) is 14.0. The predicted molar refractivity (Wildman–Crippen MR) is 111 cm³/mol. The molecule has 0 aliphatic heterocycles. The van der Waals surface area contributed by atoms with Gasteiger partial charge in [0, 0.05) is 25.1 Å². The summed E-state index contributed by atoms with van der Waals surface area (Å²) in [6.45, 7) is 6.85. The number of aromatic nitrogens is 1. The van der Waals surface area contributed by atoms with Crippen LogP contribution in [0.1, 0.15) is 11.1 Å². The third-order valence-electron chi connectivity index (χ3n) is 4.09. The first-order valence-corrected chi connectivity index (χ1v) is 9.79. The molecule has 160 valence electrons. The SMILES string of the molecule is COCCOCCOCCOCCOCc1ccc(-n2cc(C)ccc2=O)cc1. The fourth-order valence-electron chi connectivity index (χ4n) is 2.54. The second-order valence-corrected chi connectivity index (χ2v) is 6.46. The molecule has 0 saturated heterocycles. The van der Waals surface area contributed by atoms with Crippen LogP contribution in [-0.2, 0) is 30.3 Å². The van der Waals surface area contributed by atoms with Crippen molar-refractivity contribution in [2.75, 3.05) is 60.0 Å². The van der Waals surface area contributed by atoms with Crippen LogP contribution in [0, 0.1) is 6.92 Å². The van der Waals surface area contributed by atoms with Crippen LogP contribution in [0.5, 0.6) is 0 Å². The van der Waals surface area contributed by atoms with Gasteiger partial charge >= 0.3 is 0 Å². The van der Waals surface area contributed by atoms with Crippen LogP contribution in [0.2, 0.25) is 0 Å². The number of hydrogen-bond acceptors (Lipinski definition) is 6. The highest BCUT2D eigenvalue weighted by atomic mass is 16.6. The Hall–Kier alpha value is -2.03. The Bertz CT molecular complexity index is 744. The van der Waals surface area contributed by atoms with E-state index < -0.39 is 0 Å². The number of ether oxygens (including phenoxy) is 5. The lowest BCUT2D eigenvalue weighted by Crippen LogP contribution is -2.16. The molecular formula is C22H31NO6. The van der Waals surface area contributed by atoms with Gasteiger partial charge in [0.1, 0.15) is 0 Å². The van der Waals surface area contributed by atoms with Crippen LogP contribution in [0.15, 0.2) is 47.4 Å². The van der Waals surface area contributed by atoms with Gasteiger partial charge in [0.15, 0.2) is 0 Å². The van der Waals surface area contributed by atoms with Crippen LogP contribution in [-0.4, -0.2) is 64.5 Å². The van der Waals surface area contributed by atoms with Gasteiger partial charge in [0.2, 0.25) is 0 Å². The number of benzene rings is 1. The monoisotopic (exact) mass is 405 g/mol. The first-order valence-electron chi connectivity index (χ1n) is 9.79. The topological polar surface area (TPSA) is 68.2 Å². The third-order valence-corrected chi connectivity index (χ3v) is 4.09. The van der Waals surface area contributed by atoms with E-state index in [2.05, 4.69) is 0 Å². The summed E-state index contributed by atoms with van der Waals surface area (Å²) in [7, 11) is 1.65. The third kappa shape index (κ3) is 9.34. The number of methoxy groups -OCH3 is 1. The molecule has 0 unspecified atom stereocenters. The summed E-state index contributed by atoms with van der Waals surface area (Å²) in [4.78, 5) is 12.0. The van der Waals surface area contributed by atoms with Gasteiger partial charge in [-0.05, 0) is 30.2 Å². The molecule has 2 rings (SSSR count). The first kappa shape index (κ1) is 23.3. The van der Waals surface area contributed by atoms with E-state index in [1.807, 2.05) is 43.5 Å². The Morgan fingerprint density at radius 3 is 1.86 bits per heavy atom. The van der Waals surface area contributed by atoms with Crippen LogP contribution in [0.25, 0.3) is 5.69 Å². The summed E-state index contributed by atoms with van der Waals surface area (Å²) < 4.78 is 28.3. The maximum atomic E-state index is 12.0. The lowest BCUT2D eigenvalue weighted by Gasteiger charge is -2.09. The standard InChI is InChI=1S/C22H31NO6/c1-19-3-8-22(24)23(17-19)21-6-4-20(5-7-21)18-29-16-15-28-14-13-27-12-11-26-10-9-25-2/h3-8,17H,9-16,18H2,1-2H3. The molecule has 0 atom stereocenters. The van der Waals surface area contributed by atoms with Crippen LogP contribution >= 0.6 is 0 Å². The molecule has 0 radical (unpaired) electrons. The maximum absolute atomic E-state index is 12.0. The largest absolute Gasteiger partial charge is 0.382 e. The fraction of sp³-hybridized carbons (Fsp3) is 0.500. The number of pyridine rings is 1. The second-order valence-electron chi connectivity index (χ2n) is 6.46. The molecule has 0 spiro atoms. The van der Waals surface area contributed by atoms with Crippen molar-refractivity contribution in [2.45, 2.75) is 13.5 Å². The highest BCUT2D eigenvalue weighted by molar-refractivity contribution is 5.35. The van der Waals surface area contributed by atoms with E-state index in [1.54, 1.807) is 17.7 Å². The Balaban J connectivity index is 1.53. The molecule has 29 heavy (non-hydrogen) atoms. The number of nitrogens with zero attached hydrogens (tertiary/aromatic N) is 1. The molecule has 2 aromatic rings. The van der Waals surface area contributed by atoms with Gasteiger partial charge in [0.05, 0.1) is 59.5 Å². The van der Waals surface area contributed by atoms with Crippen molar-refractivity contribution in [3.63, 3.8) is 0 Å². The molecule has 1 aromatic heterocycles. The lowest BCUT2D eigenvalue weighted by atomic mass is 10.2. The quantitative estimate of drug-likeness (QED) is 0.424. The van der Waals surface area contributed by atoms with E-state index in [9.17, 15) is 4.79 Å². The zero-order valence-electron chi connectivity index (χ0n) is 17.3. The van der Waals surface area contributed by atoms with Gasteiger partial charge in [-0.15, -0.1) is 0 Å². The van der Waals surface area contributed by atoms with E-state index in [4.69, 9.17) is 23.7 Å². The van der Waals surface area contributed by atoms with E-state index >= 15 is 0 Å². The Morgan fingerprint density at radius 1 is 0.724 bits per heavy atom. The highest BCUT2D eigenvalue weighted by Gasteiger charge is 2.01. The van der Waals surface area contributed by atoms with Gasteiger partial charge in [-0.1, -0.05) is 18.2 Å². The number of aryl methyl sites for hydroxylation is 1. The summed E-state index contributed by atoms with van der Waals surface area (Å²) in [5, 5.41) is 0. The number of hydrogen-bond donors (Lipinski definition) is 0. The van der Waals surface area contributed by atoms with Crippen molar-refractivity contribution in [3.8, 4) is 5.69 Å². The number of rotatable bonds is 15. The Morgan fingerprint density at radius 2 is 1.28 bits per heavy atom. The summed E-state index contributed by atoms with van der Waals surface area (Å²) in [5.74, 6) is 0. The first-order chi connectivity index (χ1) is 14.2. The Kier molecular flexibility index (Phi) is 11.3. The zero-order valence-corrected chi connectivity index (χ0v) is 17.3. The van der Waals surface area contributed by atoms with Gasteiger partial charge in [-0.3, -0.25) is 9.36 Å². The smallest absolute Gasteiger partial charge is 0.255 e. The normalized spacial score (nSPS) is 11.1. The minimum Gasteiger partial charge on any atom is -0.382 e. The van der Waals surface area contributed by atoms with Crippen LogP contribution in [0.3, 0.4) is 0 Å². The molecule has 1 heterocycles. The molecule has 0 aliphatic carbocycles. The van der Waals surface area contributed by atoms with E-state index in [0.717, 1.165) is 16.8 Å². The molecule has 7 heteroatoms. The van der Waals surface area contributed by atoms with Gasteiger partial charge < -0.3 is 23.7 Å². The molecule has 0 aliphatic rings. The molecule has 0 N–H and O–H groups in total. The highest BCUT2D eigenvalue weighted by Crippen LogP contribution is 2.09. The lowest BCUT2D eigenvalue weighted by molar-refractivity contribution is -0.00948. The summed E-state index contributed by atoms with van der Waals surface area (Å²) in [6.07, 6.45) is 1.84. The van der Waals surface area contributed by atoms with Crippen molar-refractivity contribution in [1.82, 2.24) is 4.57 Å². The van der Waals surface area contributed by atoms with Crippen molar-refractivity contribution < 1.29 is 23.7 Å². The molecule has 0 saturated carbocycles. The molecular weight excluding hydrogens is 374 g/mol. The minimum atomic E-state index is -0.0423. The zero-order chi connectivity index (χ0) is 20.7. The summed E-state index contributed by atoms with van der Waals surface area (Å²) in [6, 6.07) is 11.2. The summed E-state index contributed by atoms with van der Waals surface area (Å²) >= 11 is 0. The van der Waals surface area contributed by atoms with E-state index in [-0.39, 0.29) is 5.56 Å². The summed E-state index contributed by atoms with van der Waals surface area (Å²) in [5.41, 5.74) is 2.89. The van der Waals surface area contributed by atoms with Gasteiger partial charge in [-0.25, -0.2) is 0 Å². The average molecular weight is 405 g/mol. The van der Waals surface area contributed by atoms with Crippen molar-refractivity contribution in [2.24, 2.45) is 0 Å². The van der Waals surface area contributed by atoms with Crippen molar-refractivity contribution in [1.29, 1.82) is 0 Å². The predicted octanol–water partition coefficient (Wildman–Crippen LogP) is 2.36. The molecule has 0 bridgehead atoms. The minimum absolute atomic E-state index is 0.0423. The van der Waals surface area contributed by atoms with E-state index in [0.29, 0.717) is 59.5 Å². The van der Waals surface area contributed by atoms with E-state index in [1.165, 1.54) is 0 Å². The van der Waals surface area contributed by atoms with Crippen LogP contribution in [0.4, 0.5) is 0 Å². The molecule has 7 nitrogen and oxygen atoms in total. The average Bonchev–Trinajstić information content (AvgIpc) is 2.74. The van der Waals surface area contributed by atoms with Crippen molar-refractivity contribution in [3.05, 3.63) is 64.1 Å². The van der Waals surface area contributed by atoms with Gasteiger partial charge in [0.25, 0.3) is 5.56 Å². The molecule has 0 fully saturated rings. The van der Waals surface area contributed by atoms with Gasteiger partial charge in [-0.2, -0.15) is 0 Å². The Labute approximate surface area is 172 Å². The molecule has 0 amide bonds. The fourth-order valence-corrected chi connectivity index (χ4v) is 2.54. The van der Waals surface area contributed by atoms with Crippen molar-refractivity contribution >= 4 is 0 Å². The maximum Gasteiger partial charge on any atom is 0.255 e. The van der Waals surface area contributed by atoms with Crippen LogP contribution < -0.4 is 5.56 Å². The molecule has 1 aromatic carbocycles.